The summed E-state index contributed by atoms with van der Waals surface area (Å²) in [6.07, 6.45) is 1.34. The Morgan fingerprint density at radius 1 is 1.29 bits per heavy atom. The molecule has 2 unspecified atom stereocenters. The van der Waals surface area contributed by atoms with Crippen molar-refractivity contribution in [2.24, 2.45) is 5.92 Å². The fraction of sp³-hybridized carbons (Fsp3) is 1.00. The highest BCUT2D eigenvalue weighted by atomic mass is 16.5. The molecule has 0 spiro atoms. The normalized spacial score (nSPS) is 21.9. The maximum Gasteiger partial charge on any atom is 0.0928 e. The highest BCUT2D eigenvalue weighted by molar-refractivity contribution is 4.67. The first-order chi connectivity index (χ1) is 8.36. The Hall–Kier alpha value is -0.200. The van der Waals surface area contributed by atoms with Crippen LogP contribution in [0.3, 0.4) is 0 Å². The van der Waals surface area contributed by atoms with E-state index in [1.54, 1.807) is 14.2 Å². The molecule has 0 aliphatic carbocycles. The van der Waals surface area contributed by atoms with Crippen LogP contribution in [0.25, 0.3) is 0 Å². The molecule has 0 bridgehead atoms. The molecular weight excluding hydrogens is 220 g/mol. The number of rotatable bonds is 10. The van der Waals surface area contributed by atoms with E-state index in [9.17, 15) is 0 Å². The van der Waals surface area contributed by atoms with E-state index in [1.807, 2.05) is 0 Å². The Balaban J connectivity index is 1.86. The minimum absolute atomic E-state index is 0.142. The van der Waals surface area contributed by atoms with Crippen molar-refractivity contribution in [3.05, 3.63) is 0 Å². The van der Waals surface area contributed by atoms with Gasteiger partial charge < -0.3 is 24.8 Å². The lowest BCUT2D eigenvalue weighted by molar-refractivity contribution is 0.0291. The summed E-state index contributed by atoms with van der Waals surface area (Å²) in [5.74, 6) is 0.704. The van der Waals surface area contributed by atoms with E-state index in [4.69, 9.17) is 14.2 Å². The monoisotopic (exact) mass is 246 g/mol. The van der Waals surface area contributed by atoms with E-state index >= 15 is 0 Å². The molecule has 0 aromatic heterocycles. The number of hydrogen-bond donors (Lipinski definition) is 2. The minimum atomic E-state index is 0.142. The van der Waals surface area contributed by atoms with Gasteiger partial charge in [-0.2, -0.15) is 0 Å². The topological polar surface area (TPSA) is 51.8 Å². The van der Waals surface area contributed by atoms with E-state index in [-0.39, 0.29) is 6.10 Å². The Morgan fingerprint density at radius 2 is 2.12 bits per heavy atom. The van der Waals surface area contributed by atoms with Crippen LogP contribution in [0.4, 0.5) is 0 Å². The molecule has 0 radical (unpaired) electrons. The molecule has 0 aromatic rings. The zero-order valence-corrected chi connectivity index (χ0v) is 11.0. The molecular formula is C12H26N2O3. The van der Waals surface area contributed by atoms with Crippen LogP contribution in [0, 0.1) is 5.92 Å². The minimum Gasteiger partial charge on any atom is -0.382 e. The number of methoxy groups -OCH3 is 2. The van der Waals surface area contributed by atoms with Gasteiger partial charge in [0.25, 0.3) is 0 Å². The molecule has 1 fully saturated rings. The molecule has 102 valence electrons. The summed E-state index contributed by atoms with van der Waals surface area (Å²) in [6.45, 7) is 6.32. The standard InChI is InChI=1S/C12H26N2O3/c1-15-10-12(16-2)8-14-5-4-13-7-11-3-6-17-9-11/h11-14H,3-10H2,1-2H3. The summed E-state index contributed by atoms with van der Waals surface area (Å²) in [5.41, 5.74) is 0. The molecule has 0 aromatic carbocycles. The average molecular weight is 246 g/mol. The van der Waals surface area contributed by atoms with Crippen molar-refractivity contribution in [3.8, 4) is 0 Å². The SMILES string of the molecule is COCC(CNCCNCC1CCOC1)OC. The first kappa shape index (κ1) is 14.9. The van der Waals surface area contributed by atoms with Crippen LogP contribution in [0.1, 0.15) is 6.42 Å². The summed E-state index contributed by atoms with van der Waals surface area (Å²) in [5, 5.41) is 6.78. The highest BCUT2D eigenvalue weighted by Crippen LogP contribution is 2.10. The van der Waals surface area contributed by atoms with E-state index in [0.717, 1.165) is 39.4 Å². The third kappa shape index (κ3) is 6.95. The Bertz CT molecular complexity index is 175. The summed E-state index contributed by atoms with van der Waals surface area (Å²) in [4.78, 5) is 0. The zero-order chi connectivity index (χ0) is 12.3. The summed E-state index contributed by atoms with van der Waals surface area (Å²) >= 11 is 0. The summed E-state index contributed by atoms with van der Waals surface area (Å²) < 4.78 is 15.6. The second-order valence-corrected chi connectivity index (χ2v) is 4.45. The lowest BCUT2D eigenvalue weighted by atomic mass is 10.1. The second-order valence-electron chi connectivity index (χ2n) is 4.45. The molecule has 5 nitrogen and oxygen atoms in total. The first-order valence-corrected chi connectivity index (χ1v) is 6.37. The molecule has 1 saturated heterocycles. The van der Waals surface area contributed by atoms with Crippen molar-refractivity contribution in [3.63, 3.8) is 0 Å². The third-order valence-electron chi connectivity index (χ3n) is 2.99. The molecule has 1 aliphatic heterocycles. The van der Waals surface area contributed by atoms with Gasteiger partial charge in [-0.3, -0.25) is 0 Å². The lowest BCUT2D eigenvalue weighted by Gasteiger charge is -2.15. The predicted molar refractivity (Wildman–Crippen MR) is 67.3 cm³/mol. The Morgan fingerprint density at radius 3 is 2.76 bits per heavy atom. The molecule has 17 heavy (non-hydrogen) atoms. The number of ether oxygens (including phenoxy) is 3. The van der Waals surface area contributed by atoms with Crippen LogP contribution in [0.5, 0.6) is 0 Å². The molecule has 5 heteroatoms. The quantitative estimate of drug-likeness (QED) is 0.526. The van der Waals surface area contributed by atoms with Crippen molar-refractivity contribution in [2.45, 2.75) is 12.5 Å². The molecule has 0 amide bonds. The molecule has 1 heterocycles. The van der Waals surface area contributed by atoms with Crippen LogP contribution in [-0.2, 0) is 14.2 Å². The summed E-state index contributed by atoms with van der Waals surface area (Å²) in [7, 11) is 3.40. The molecule has 2 N–H and O–H groups in total. The Kier molecular flexibility index (Phi) is 8.56. The van der Waals surface area contributed by atoms with Gasteiger partial charge in [-0.05, 0) is 12.3 Å². The van der Waals surface area contributed by atoms with E-state index in [1.165, 1.54) is 6.42 Å². The van der Waals surface area contributed by atoms with Gasteiger partial charge >= 0.3 is 0 Å². The van der Waals surface area contributed by atoms with Crippen LogP contribution in [0.15, 0.2) is 0 Å². The van der Waals surface area contributed by atoms with Gasteiger partial charge in [0, 0.05) is 47.0 Å². The van der Waals surface area contributed by atoms with Gasteiger partial charge in [0.05, 0.1) is 19.3 Å². The van der Waals surface area contributed by atoms with Gasteiger partial charge in [-0.25, -0.2) is 0 Å². The maximum absolute atomic E-state index is 5.32. The summed E-state index contributed by atoms with van der Waals surface area (Å²) in [6, 6.07) is 0. The molecule has 2 atom stereocenters. The van der Waals surface area contributed by atoms with Gasteiger partial charge in [0.1, 0.15) is 0 Å². The first-order valence-electron chi connectivity index (χ1n) is 6.37. The maximum atomic E-state index is 5.32. The fourth-order valence-electron chi connectivity index (χ4n) is 1.89. The molecule has 0 saturated carbocycles. The highest BCUT2D eigenvalue weighted by Gasteiger charge is 2.14. The van der Waals surface area contributed by atoms with Crippen LogP contribution in [-0.4, -0.2) is 66.3 Å². The predicted octanol–water partition coefficient (Wildman–Crippen LogP) is -0.136. The number of hydrogen-bond acceptors (Lipinski definition) is 5. The van der Waals surface area contributed by atoms with Crippen LogP contribution >= 0.6 is 0 Å². The smallest absolute Gasteiger partial charge is 0.0928 e. The van der Waals surface area contributed by atoms with E-state index < -0.39 is 0 Å². The fourth-order valence-corrected chi connectivity index (χ4v) is 1.89. The van der Waals surface area contributed by atoms with Gasteiger partial charge in [-0.15, -0.1) is 0 Å². The zero-order valence-electron chi connectivity index (χ0n) is 11.0. The Labute approximate surface area is 104 Å². The molecule has 1 rings (SSSR count). The molecule has 1 aliphatic rings. The van der Waals surface area contributed by atoms with Crippen LogP contribution < -0.4 is 10.6 Å². The average Bonchev–Trinajstić information content (AvgIpc) is 2.85. The van der Waals surface area contributed by atoms with Gasteiger partial charge in [0.2, 0.25) is 0 Å². The van der Waals surface area contributed by atoms with Crippen LogP contribution in [0.2, 0.25) is 0 Å². The van der Waals surface area contributed by atoms with Crippen molar-refractivity contribution >= 4 is 0 Å². The van der Waals surface area contributed by atoms with Gasteiger partial charge in [0.15, 0.2) is 0 Å². The third-order valence-corrected chi connectivity index (χ3v) is 2.99. The van der Waals surface area contributed by atoms with Crippen molar-refractivity contribution in [2.75, 3.05) is 60.2 Å². The number of nitrogens with one attached hydrogen (secondary N) is 2. The second kappa shape index (κ2) is 9.79. The van der Waals surface area contributed by atoms with Crippen molar-refractivity contribution in [1.29, 1.82) is 0 Å². The van der Waals surface area contributed by atoms with Gasteiger partial charge in [-0.1, -0.05) is 0 Å². The van der Waals surface area contributed by atoms with Crippen molar-refractivity contribution < 1.29 is 14.2 Å². The largest absolute Gasteiger partial charge is 0.382 e. The van der Waals surface area contributed by atoms with E-state index in [2.05, 4.69) is 10.6 Å². The lowest BCUT2D eigenvalue weighted by Crippen LogP contribution is -2.36. The van der Waals surface area contributed by atoms with Crippen molar-refractivity contribution in [1.82, 2.24) is 10.6 Å². The van der Waals surface area contributed by atoms with E-state index in [0.29, 0.717) is 12.5 Å².